The van der Waals surface area contributed by atoms with Gasteiger partial charge in [-0.15, -0.1) is 0 Å². The molecule has 0 amide bonds. The molecule has 0 fully saturated rings. The minimum Gasteiger partial charge on any atom is -0.497 e. The van der Waals surface area contributed by atoms with E-state index < -0.39 is 0 Å². The van der Waals surface area contributed by atoms with E-state index in [2.05, 4.69) is 9.97 Å². The second-order valence-corrected chi connectivity index (χ2v) is 3.64. The van der Waals surface area contributed by atoms with E-state index in [0.29, 0.717) is 5.02 Å². The van der Waals surface area contributed by atoms with Crippen molar-refractivity contribution in [1.29, 1.82) is 0 Å². The number of aryl methyl sites for hydroxylation is 1. The van der Waals surface area contributed by atoms with Crippen LogP contribution in [0.2, 0.25) is 5.02 Å². The third-order valence-corrected chi connectivity index (χ3v) is 2.48. The normalized spacial score (nSPS) is 10.3. The third kappa shape index (κ3) is 1.97. The predicted molar refractivity (Wildman–Crippen MR) is 60.3 cm³/mol. The minimum atomic E-state index is 0.651. The average Bonchev–Trinajstić information content (AvgIpc) is 2.64. The van der Waals surface area contributed by atoms with Crippen LogP contribution in [0.4, 0.5) is 0 Å². The Labute approximate surface area is 93.1 Å². The van der Waals surface area contributed by atoms with Gasteiger partial charge in [0.1, 0.15) is 11.6 Å². The Hall–Kier alpha value is -1.48. The third-order valence-electron chi connectivity index (χ3n) is 2.17. The van der Waals surface area contributed by atoms with Gasteiger partial charge in [-0.2, -0.15) is 0 Å². The standard InChI is InChI=1S/C11H11ClN2O/c1-7-13-6-11(14-7)9-4-3-8(15-2)5-10(9)12/h3-6H,1-2H3,(H,13,14). The number of H-pyrrole nitrogens is 1. The van der Waals surface area contributed by atoms with Crippen molar-refractivity contribution in [2.24, 2.45) is 0 Å². The lowest BCUT2D eigenvalue weighted by molar-refractivity contribution is 0.415. The van der Waals surface area contributed by atoms with Crippen LogP contribution in [0.5, 0.6) is 5.75 Å². The molecule has 0 saturated heterocycles. The number of hydrogen-bond acceptors (Lipinski definition) is 2. The number of hydrogen-bond donors (Lipinski definition) is 1. The van der Waals surface area contributed by atoms with E-state index >= 15 is 0 Å². The summed E-state index contributed by atoms with van der Waals surface area (Å²) in [6.07, 6.45) is 1.77. The number of aromatic amines is 1. The van der Waals surface area contributed by atoms with E-state index in [9.17, 15) is 0 Å². The van der Waals surface area contributed by atoms with Crippen molar-refractivity contribution in [3.8, 4) is 17.0 Å². The Balaban J connectivity index is 2.45. The molecule has 1 N–H and O–H groups in total. The van der Waals surface area contributed by atoms with E-state index in [-0.39, 0.29) is 0 Å². The maximum atomic E-state index is 6.12. The first-order valence-corrected chi connectivity index (χ1v) is 4.94. The number of halogens is 1. The van der Waals surface area contributed by atoms with Gasteiger partial charge in [-0.05, 0) is 25.1 Å². The molecular weight excluding hydrogens is 212 g/mol. The van der Waals surface area contributed by atoms with Crippen molar-refractivity contribution < 1.29 is 4.74 Å². The molecule has 78 valence electrons. The molecule has 1 aromatic heterocycles. The van der Waals surface area contributed by atoms with Crippen molar-refractivity contribution in [2.75, 3.05) is 7.11 Å². The summed E-state index contributed by atoms with van der Waals surface area (Å²) in [5, 5.41) is 0.651. The van der Waals surface area contributed by atoms with E-state index in [0.717, 1.165) is 22.8 Å². The highest BCUT2D eigenvalue weighted by molar-refractivity contribution is 6.33. The first-order chi connectivity index (χ1) is 7.20. The highest BCUT2D eigenvalue weighted by Crippen LogP contribution is 2.29. The van der Waals surface area contributed by atoms with Gasteiger partial charge in [0.15, 0.2) is 0 Å². The Morgan fingerprint density at radius 3 is 2.73 bits per heavy atom. The van der Waals surface area contributed by atoms with Crippen molar-refractivity contribution in [3.05, 3.63) is 35.2 Å². The summed E-state index contributed by atoms with van der Waals surface area (Å²) in [4.78, 5) is 7.27. The fourth-order valence-electron chi connectivity index (χ4n) is 1.40. The Bertz CT molecular complexity index is 479. The zero-order valence-electron chi connectivity index (χ0n) is 8.54. The van der Waals surface area contributed by atoms with Crippen LogP contribution in [0, 0.1) is 6.92 Å². The Kier molecular flexibility index (Phi) is 2.64. The molecule has 2 aromatic rings. The molecular formula is C11H11ClN2O. The van der Waals surface area contributed by atoms with Gasteiger partial charge in [0, 0.05) is 5.56 Å². The Morgan fingerprint density at radius 2 is 2.20 bits per heavy atom. The topological polar surface area (TPSA) is 37.9 Å². The molecule has 1 aromatic carbocycles. The van der Waals surface area contributed by atoms with Gasteiger partial charge < -0.3 is 9.72 Å². The lowest BCUT2D eigenvalue weighted by atomic mass is 10.1. The Morgan fingerprint density at radius 1 is 1.40 bits per heavy atom. The van der Waals surface area contributed by atoms with Crippen LogP contribution >= 0.6 is 11.6 Å². The lowest BCUT2D eigenvalue weighted by Crippen LogP contribution is -1.85. The average molecular weight is 223 g/mol. The molecule has 15 heavy (non-hydrogen) atoms. The van der Waals surface area contributed by atoms with Crippen molar-refractivity contribution >= 4 is 11.6 Å². The van der Waals surface area contributed by atoms with Gasteiger partial charge in [0.2, 0.25) is 0 Å². The van der Waals surface area contributed by atoms with Crippen molar-refractivity contribution in [1.82, 2.24) is 9.97 Å². The van der Waals surface area contributed by atoms with Crippen molar-refractivity contribution in [3.63, 3.8) is 0 Å². The van der Waals surface area contributed by atoms with Crippen LogP contribution in [-0.4, -0.2) is 17.1 Å². The summed E-state index contributed by atoms with van der Waals surface area (Å²) in [6.45, 7) is 1.90. The van der Waals surface area contributed by atoms with Gasteiger partial charge in [-0.3, -0.25) is 0 Å². The molecule has 4 heteroatoms. The van der Waals surface area contributed by atoms with E-state index in [1.54, 1.807) is 19.4 Å². The van der Waals surface area contributed by atoms with E-state index in [1.807, 2.05) is 19.1 Å². The van der Waals surface area contributed by atoms with Crippen LogP contribution in [0.3, 0.4) is 0 Å². The summed E-state index contributed by atoms with van der Waals surface area (Å²) in [7, 11) is 1.62. The van der Waals surface area contributed by atoms with Gasteiger partial charge in [-0.25, -0.2) is 4.98 Å². The molecule has 0 atom stereocenters. The van der Waals surface area contributed by atoms with E-state index in [4.69, 9.17) is 16.3 Å². The summed E-state index contributed by atoms with van der Waals surface area (Å²) < 4.78 is 5.08. The summed E-state index contributed by atoms with van der Waals surface area (Å²) in [6, 6.07) is 5.57. The minimum absolute atomic E-state index is 0.651. The maximum absolute atomic E-state index is 6.12. The highest BCUT2D eigenvalue weighted by atomic mass is 35.5. The largest absolute Gasteiger partial charge is 0.497 e. The summed E-state index contributed by atoms with van der Waals surface area (Å²) >= 11 is 6.12. The number of aromatic nitrogens is 2. The van der Waals surface area contributed by atoms with Gasteiger partial charge in [-0.1, -0.05) is 11.6 Å². The number of rotatable bonds is 2. The van der Waals surface area contributed by atoms with Crippen LogP contribution in [0.1, 0.15) is 5.82 Å². The molecule has 2 rings (SSSR count). The van der Waals surface area contributed by atoms with Crippen LogP contribution in [-0.2, 0) is 0 Å². The van der Waals surface area contributed by atoms with Gasteiger partial charge in [0.05, 0.1) is 24.0 Å². The SMILES string of the molecule is COc1ccc(-c2cnc(C)[nH]2)c(Cl)c1. The molecule has 0 aliphatic rings. The fraction of sp³-hybridized carbons (Fsp3) is 0.182. The summed E-state index contributed by atoms with van der Waals surface area (Å²) in [5.74, 6) is 1.62. The smallest absolute Gasteiger partial charge is 0.120 e. The molecule has 0 spiro atoms. The first kappa shape index (κ1) is 10.1. The molecule has 0 radical (unpaired) electrons. The first-order valence-electron chi connectivity index (χ1n) is 4.56. The lowest BCUT2D eigenvalue weighted by Gasteiger charge is -2.04. The molecule has 1 heterocycles. The van der Waals surface area contributed by atoms with E-state index in [1.165, 1.54) is 0 Å². The second-order valence-electron chi connectivity index (χ2n) is 3.23. The molecule has 0 aliphatic heterocycles. The number of imidazole rings is 1. The quantitative estimate of drug-likeness (QED) is 0.848. The number of nitrogens with one attached hydrogen (secondary N) is 1. The van der Waals surface area contributed by atoms with Crippen LogP contribution < -0.4 is 4.74 Å². The second kappa shape index (κ2) is 3.95. The van der Waals surface area contributed by atoms with Crippen LogP contribution in [0.25, 0.3) is 11.3 Å². The molecule has 0 bridgehead atoms. The monoisotopic (exact) mass is 222 g/mol. The maximum Gasteiger partial charge on any atom is 0.120 e. The molecule has 0 aliphatic carbocycles. The summed E-state index contributed by atoms with van der Waals surface area (Å²) in [5.41, 5.74) is 1.85. The highest BCUT2D eigenvalue weighted by Gasteiger charge is 2.06. The number of ether oxygens (including phenoxy) is 1. The zero-order chi connectivity index (χ0) is 10.8. The van der Waals surface area contributed by atoms with Crippen molar-refractivity contribution in [2.45, 2.75) is 6.92 Å². The van der Waals surface area contributed by atoms with Crippen LogP contribution in [0.15, 0.2) is 24.4 Å². The van der Waals surface area contributed by atoms with Gasteiger partial charge >= 0.3 is 0 Å². The number of nitrogens with zero attached hydrogens (tertiary/aromatic N) is 1. The van der Waals surface area contributed by atoms with Gasteiger partial charge in [0.25, 0.3) is 0 Å². The zero-order valence-corrected chi connectivity index (χ0v) is 9.30. The molecule has 3 nitrogen and oxygen atoms in total. The molecule has 0 unspecified atom stereocenters. The molecule has 0 saturated carbocycles. The fourth-order valence-corrected chi connectivity index (χ4v) is 1.67. The number of methoxy groups -OCH3 is 1. The predicted octanol–water partition coefficient (Wildman–Crippen LogP) is 3.05. The number of benzene rings is 1.